The van der Waals surface area contributed by atoms with Gasteiger partial charge in [-0.2, -0.15) is 0 Å². The topological polar surface area (TPSA) is 52.9 Å². The van der Waals surface area contributed by atoms with E-state index in [0.717, 1.165) is 5.56 Å². The van der Waals surface area contributed by atoms with Crippen molar-refractivity contribution in [2.24, 2.45) is 4.99 Å². The Morgan fingerprint density at radius 2 is 2.22 bits per heavy atom. The summed E-state index contributed by atoms with van der Waals surface area (Å²) in [6.45, 7) is 4.30. The molecule has 1 N–H and O–H groups in total. The van der Waals surface area contributed by atoms with E-state index in [1.54, 1.807) is 30.0 Å². The molecule has 0 aromatic heterocycles. The molecule has 18 heavy (non-hydrogen) atoms. The minimum atomic E-state index is -0.112. The van der Waals surface area contributed by atoms with Crippen LogP contribution in [-0.4, -0.2) is 28.3 Å². The number of halogens is 1. The summed E-state index contributed by atoms with van der Waals surface area (Å²) < 4.78 is 0. The van der Waals surface area contributed by atoms with E-state index in [4.69, 9.17) is 11.6 Å². The lowest BCUT2D eigenvalue weighted by Crippen LogP contribution is -2.29. The molecule has 2 rings (SSSR count). The van der Waals surface area contributed by atoms with E-state index < -0.39 is 0 Å². The van der Waals surface area contributed by atoms with Gasteiger partial charge in [0.2, 0.25) is 0 Å². The molecule has 0 aliphatic carbocycles. The van der Waals surface area contributed by atoms with Crippen molar-refractivity contribution in [3.05, 3.63) is 34.5 Å². The second-order valence-electron chi connectivity index (χ2n) is 3.95. The van der Waals surface area contributed by atoms with E-state index in [1.165, 1.54) is 6.07 Å². The largest absolute Gasteiger partial charge is 0.506 e. The second kappa shape index (κ2) is 4.82. The molecule has 5 heteroatoms. The number of hydrogen-bond donors (Lipinski definition) is 1. The average molecular weight is 265 g/mol. The Bertz CT molecular complexity index is 564. The van der Waals surface area contributed by atoms with Gasteiger partial charge >= 0.3 is 0 Å². The third-order valence-corrected chi connectivity index (χ3v) is 3.03. The first kappa shape index (κ1) is 12.6. The summed E-state index contributed by atoms with van der Waals surface area (Å²) in [7, 11) is 0. The third kappa shape index (κ3) is 2.24. The van der Waals surface area contributed by atoms with Crippen LogP contribution in [0.1, 0.15) is 19.4 Å². The monoisotopic (exact) mass is 264 g/mol. The van der Waals surface area contributed by atoms with Crippen molar-refractivity contribution in [2.75, 3.05) is 6.54 Å². The fourth-order valence-electron chi connectivity index (χ4n) is 1.80. The highest BCUT2D eigenvalue weighted by molar-refractivity contribution is 6.32. The molecule has 1 amide bonds. The van der Waals surface area contributed by atoms with Gasteiger partial charge in [-0.1, -0.05) is 17.7 Å². The molecule has 0 fully saturated rings. The van der Waals surface area contributed by atoms with Gasteiger partial charge in [-0.15, -0.1) is 0 Å². The second-order valence-corrected chi connectivity index (χ2v) is 4.36. The van der Waals surface area contributed by atoms with E-state index in [1.807, 2.05) is 6.92 Å². The zero-order valence-corrected chi connectivity index (χ0v) is 10.9. The van der Waals surface area contributed by atoms with Gasteiger partial charge in [0.05, 0.1) is 5.02 Å². The van der Waals surface area contributed by atoms with Crippen LogP contribution >= 0.6 is 11.6 Å². The molecule has 0 unspecified atom stereocenters. The number of phenolic OH excluding ortho intramolecular Hbond substituents is 1. The molecule has 0 bridgehead atoms. The number of amides is 1. The Morgan fingerprint density at radius 3 is 2.78 bits per heavy atom. The molecule has 0 saturated carbocycles. The molecule has 94 valence electrons. The van der Waals surface area contributed by atoms with Gasteiger partial charge in [0.25, 0.3) is 5.91 Å². The summed E-state index contributed by atoms with van der Waals surface area (Å²) in [5.74, 6) is 0.601. The molecule has 0 spiro atoms. The number of carbonyl (C=O) groups is 1. The van der Waals surface area contributed by atoms with Crippen molar-refractivity contribution in [3.8, 4) is 5.75 Å². The summed E-state index contributed by atoms with van der Waals surface area (Å²) in [5, 5.41) is 9.58. The van der Waals surface area contributed by atoms with E-state index in [2.05, 4.69) is 4.99 Å². The minimum Gasteiger partial charge on any atom is -0.506 e. The Hall–Kier alpha value is -1.81. The molecule has 0 atom stereocenters. The van der Waals surface area contributed by atoms with Gasteiger partial charge in [-0.3, -0.25) is 9.69 Å². The van der Waals surface area contributed by atoms with Crippen molar-refractivity contribution in [1.82, 2.24) is 4.90 Å². The summed E-state index contributed by atoms with van der Waals surface area (Å²) in [6, 6.07) is 4.76. The Labute approximate surface area is 110 Å². The SMILES string of the molecule is CCN1C(=O)/C(=C/c2ccc(O)c(Cl)c2)N=C1C. The highest BCUT2D eigenvalue weighted by atomic mass is 35.5. The summed E-state index contributed by atoms with van der Waals surface area (Å²) in [4.78, 5) is 17.8. The first-order valence-corrected chi connectivity index (χ1v) is 5.98. The lowest BCUT2D eigenvalue weighted by Gasteiger charge is -2.11. The Kier molecular flexibility index (Phi) is 3.39. The van der Waals surface area contributed by atoms with Crippen molar-refractivity contribution in [2.45, 2.75) is 13.8 Å². The quantitative estimate of drug-likeness (QED) is 0.835. The molecule has 1 aromatic rings. The predicted octanol–water partition coefficient (Wildman–Crippen LogP) is 2.67. The molecular formula is C13H13ClN2O2. The number of hydrogen-bond acceptors (Lipinski definition) is 3. The highest BCUT2D eigenvalue weighted by Crippen LogP contribution is 2.26. The van der Waals surface area contributed by atoms with Gasteiger partial charge < -0.3 is 5.11 Å². The van der Waals surface area contributed by atoms with Crippen LogP contribution < -0.4 is 0 Å². The summed E-state index contributed by atoms with van der Waals surface area (Å²) in [6.07, 6.45) is 1.66. The van der Waals surface area contributed by atoms with Crippen LogP contribution in [-0.2, 0) is 4.79 Å². The number of amidine groups is 1. The fourth-order valence-corrected chi connectivity index (χ4v) is 1.99. The number of aromatic hydroxyl groups is 1. The van der Waals surface area contributed by atoms with Crippen molar-refractivity contribution < 1.29 is 9.90 Å². The van der Waals surface area contributed by atoms with Gasteiger partial charge in [-0.05, 0) is 37.6 Å². The molecule has 1 aliphatic heterocycles. The average Bonchev–Trinajstić information content (AvgIpc) is 2.59. The smallest absolute Gasteiger partial charge is 0.277 e. The van der Waals surface area contributed by atoms with Crippen LogP contribution in [0, 0.1) is 0 Å². The number of aliphatic imine (C=N–C) groups is 1. The number of benzene rings is 1. The maximum Gasteiger partial charge on any atom is 0.277 e. The number of phenols is 1. The van der Waals surface area contributed by atoms with Crippen LogP contribution in [0.5, 0.6) is 5.75 Å². The van der Waals surface area contributed by atoms with E-state index in [0.29, 0.717) is 18.1 Å². The van der Waals surface area contributed by atoms with Crippen LogP contribution in [0.2, 0.25) is 5.02 Å². The zero-order chi connectivity index (χ0) is 13.3. The molecule has 1 aromatic carbocycles. The molecule has 0 radical (unpaired) electrons. The first-order chi connectivity index (χ1) is 8.52. The molecule has 1 aliphatic rings. The maximum absolute atomic E-state index is 12.0. The predicted molar refractivity (Wildman–Crippen MR) is 71.6 cm³/mol. The number of carbonyl (C=O) groups excluding carboxylic acids is 1. The van der Waals surface area contributed by atoms with Crippen molar-refractivity contribution in [3.63, 3.8) is 0 Å². The summed E-state index contributed by atoms with van der Waals surface area (Å²) in [5.41, 5.74) is 1.12. The number of likely N-dealkylation sites (N-methyl/N-ethyl adjacent to an activating group) is 1. The maximum atomic E-state index is 12.0. The van der Waals surface area contributed by atoms with Gasteiger partial charge in [0, 0.05) is 6.54 Å². The van der Waals surface area contributed by atoms with Gasteiger partial charge in [0.15, 0.2) is 0 Å². The standard InChI is InChI=1S/C13H13ClN2O2/c1-3-16-8(2)15-11(13(16)18)7-9-4-5-12(17)10(14)6-9/h4-7,17H,3H2,1-2H3/b11-7-. The van der Waals surface area contributed by atoms with Crippen LogP contribution in [0.25, 0.3) is 6.08 Å². The van der Waals surface area contributed by atoms with Crippen molar-refractivity contribution >= 4 is 29.4 Å². The van der Waals surface area contributed by atoms with Gasteiger partial charge in [-0.25, -0.2) is 4.99 Å². The fraction of sp³-hybridized carbons (Fsp3) is 0.231. The Morgan fingerprint density at radius 1 is 1.50 bits per heavy atom. The minimum absolute atomic E-state index is 0.0198. The molecular weight excluding hydrogens is 252 g/mol. The van der Waals surface area contributed by atoms with E-state index >= 15 is 0 Å². The molecule has 1 heterocycles. The van der Waals surface area contributed by atoms with Crippen molar-refractivity contribution in [1.29, 1.82) is 0 Å². The van der Waals surface area contributed by atoms with Crippen LogP contribution in [0.15, 0.2) is 28.9 Å². The van der Waals surface area contributed by atoms with Crippen LogP contribution in [0.3, 0.4) is 0 Å². The summed E-state index contributed by atoms with van der Waals surface area (Å²) >= 11 is 5.81. The molecule has 0 saturated heterocycles. The zero-order valence-electron chi connectivity index (χ0n) is 10.1. The van der Waals surface area contributed by atoms with Gasteiger partial charge in [0.1, 0.15) is 17.3 Å². The first-order valence-electron chi connectivity index (χ1n) is 5.60. The van der Waals surface area contributed by atoms with Crippen LogP contribution in [0.4, 0.5) is 0 Å². The lowest BCUT2D eigenvalue weighted by molar-refractivity contribution is -0.122. The third-order valence-electron chi connectivity index (χ3n) is 2.73. The van der Waals surface area contributed by atoms with E-state index in [-0.39, 0.29) is 16.7 Å². The number of rotatable bonds is 2. The Balaban J connectivity index is 2.35. The lowest BCUT2D eigenvalue weighted by atomic mass is 10.2. The van der Waals surface area contributed by atoms with E-state index in [9.17, 15) is 9.90 Å². The highest BCUT2D eigenvalue weighted by Gasteiger charge is 2.25. The number of nitrogens with zero attached hydrogens (tertiary/aromatic N) is 2. The molecule has 4 nitrogen and oxygen atoms in total. The normalized spacial score (nSPS) is 17.5.